The van der Waals surface area contributed by atoms with Crippen LogP contribution < -0.4 is 15.9 Å². The fourth-order valence-electron chi connectivity index (χ4n) is 3.69. The molecule has 8 nitrogen and oxygen atoms in total. The van der Waals surface area contributed by atoms with Crippen molar-refractivity contribution in [2.45, 2.75) is 18.9 Å². The normalized spacial score (nSPS) is 20.2. The molecule has 2 aromatic rings. The van der Waals surface area contributed by atoms with E-state index in [1.54, 1.807) is 36.4 Å². The molecule has 0 saturated carbocycles. The summed E-state index contributed by atoms with van der Waals surface area (Å²) in [5.41, 5.74) is 4.12. The Balaban J connectivity index is 1.79. The van der Waals surface area contributed by atoms with Crippen molar-refractivity contribution < 1.29 is 10.1 Å². The number of hydrogen-bond donors (Lipinski definition) is 3. The number of para-hydroxylation sites is 2. The molecule has 0 bridgehead atoms. The van der Waals surface area contributed by atoms with Crippen LogP contribution in [0.4, 0.5) is 17.1 Å². The molecule has 2 aromatic carbocycles. The van der Waals surface area contributed by atoms with E-state index < -0.39 is 10.4 Å². The zero-order valence-electron chi connectivity index (χ0n) is 16.2. The molecule has 1 aliphatic heterocycles. The van der Waals surface area contributed by atoms with Crippen LogP contribution in [-0.4, -0.2) is 15.8 Å². The van der Waals surface area contributed by atoms with E-state index in [1.165, 1.54) is 12.2 Å². The molecule has 30 heavy (non-hydrogen) atoms. The van der Waals surface area contributed by atoms with E-state index in [4.69, 9.17) is 5.21 Å². The largest absolute Gasteiger partial charge is 0.733 e. The highest BCUT2D eigenvalue weighted by molar-refractivity contribution is 6.02. The number of rotatable bonds is 2. The van der Waals surface area contributed by atoms with E-state index in [2.05, 4.69) is 10.6 Å². The molecule has 154 valence electrons. The molecule has 1 heterocycles. The maximum Gasteiger partial charge on any atom is 0.222 e. The molecule has 1 aliphatic carbocycles. The quantitative estimate of drug-likeness (QED) is 0.503. The van der Waals surface area contributed by atoms with Crippen LogP contribution in [0.25, 0.3) is 0 Å². The summed E-state index contributed by atoms with van der Waals surface area (Å²) >= 11 is 0. The van der Waals surface area contributed by atoms with Crippen LogP contribution in [0, 0.1) is 15.6 Å². The van der Waals surface area contributed by atoms with Gasteiger partial charge in [-0.15, -0.1) is 0 Å². The van der Waals surface area contributed by atoms with E-state index in [1.807, 2.05) is 31.2 Å². The van der Waals surface area contributed by atoms with E-state index in [0.717, 1.165) is 28.2 Å². The van der Waals surface area contributed by atoms with Gasteiger partial charge in [0.25, 0.3) is 0 Å². The standard InChI is InChI=1S/C22H20N4O4/c1-22(16-8-12-18(13-9-16)26(29)30)14-21(15-6-10-17(11-7-15)25(27)28)23-19-4-2-3-5-20(19)24-22/h2-13,23-24,29H,14H2,1H3/q-2/t22-/m0/s1. The predicted octanol–water partition coefficient (Wildman–Crippen LogP) is 4.35. The Morgan fingerprint density at radius 3 is 2.20 bits per heavy atom. The zero-order valence-corrected chi connectivity index (χ0v) is 16.2. The minimum Gasteiger partial charge on any atom is -0.733 e. The van der Waals surface area contributed by atoms with Gasteiger partial charge in [-0.25, -0.2) is 0 Å². The Morgan fingerprint density at radius 2 is 1.60 bits per heavy atom. The van der Waals surface area contributed by atoms with Gasteiger partial charge in [0.2, 0.25) is 5.71 Å². The lowest BCUT2D eigenvalue weighted by atomic mass is 9.85. The number of benzene rings is 2. The molecule has 0 radical (unpaired) electrons. The summed E-state index contributed by atoms with van der Waals surface area (Å²) in [4.78, 5) is -0.419. The summed E-state index contributed by atoms with van der Waals surface area (Å²) in [6.45, 7) is 2.05. The highest BCUT2D eigenvalue weighted by Gasteiger charge is 2.32. The van der Waals surface area contributed by atoms with Gasteiger partial charge in [-0.05, 0) is 54.5 Å². The molecule has 1 atom stereocenters. The van der Waals surface area contributed by atoms with Crippen LogP contribution in [0.1, 0.15) is 18.9 Å². The lowest BCUT2D eigenvalue weighted by Crippen LogP contribution is -2.32. The topological polar surface area (TPSA) is 120 Å². The first-order valence-corrected chi connectivity index (χ1v) is 9.37. The minimum absolute atomic E-state index is 0.0380. The molecule has 0 amide bonds. The highest BCUT2D eigenvalue weighted by Crippen LogP contribution is 2.40. The third-order valence-corrected chi connectivity index (χ3v) is 5.31. The number of allylic oxidation sites excluding steroid dienone is 5. The first kappa shape index (κ1) is 19.6. The summed E-state index contributed by atoms with van der Waals surface area (Å²) < 4.78 is 0. The van der Waals surface area contributed by atoms with Crippen molar-refractivity contribution in [3.05, 3.63) is 105 Å². The fourth-order valence-corrected chi connectivity index (χ4v) is 3.69. The van der Waals surface area contributed by atoms with Gasteiger partial charge in [-0.1, -0.05) is 24.3 Å². The van der Waals surface area contributed by atoms with Crippen LogP contribution in [0.2, 0.25) is 0 Å². The molecule has 0 unspecified atom stereocenters. The number of nitrogens with zero attached hydrogens (tertiary/aromatic N) is 2. The van der Waals surface area contributed by atoms with Crippen LogP contribution >= 0.6 is 0 Å². The third kappa shape index (κ3) is 3.73. The van der Waals surface area contributed by atoms with E-state index in [-0.39, 0.29) is 16.6 Å². The number of hydrogen-bond acceptors (Lipinski definition) is 7. The maximum absolute atomic E-state index is 11.1. The Morgan fingerprint density at radius 1 is 0.967 bits per heavy atom. The van der Waals surface area contributed by atoms with Crippen molar-refractivity contribution in [3.8, 4) is 0 Å². The van der Waals surface area contributed by atoms with E-state index in [0.29, 0.717) is 6.42 Å². The number of nitrogens with one attached hydrogen (secondary N) is 2. The molecule has 2 aliphatic rings. The SMILES string of the molecule is C[C@@]1(c2ccc(N([O-])O)cc2)CC(=C2C=CC(=[N+]([O-])[O-])C=C2)Nc2ccccc2N1. The molecular formula is C22H20N4O4-2. The average Bonchev–Trinajstić information content (AvgIpc) is 2.90. The zero-order chi connectivity index (χ0) is 21.3. The smallest absolute Gasteiger partial charge is 0.222 e. The monoisotopic (exact) mass is 404 g/mol. The molecule has 3 N–H and O–H groups in total. The Hall–Kier alpha value is -3.75. The summed E-state index contributed by atoms with van der Waals surface area (Å²) in [6, 6.07) is 14.5. The maximum atomic E-state index is 11.1. The van der Waals surface area contributed by atoms with Crippen molar-refractivity contribution in [2.75, 3.05) is 15.9 Å². The van der Waals surface area contributed by atoms with Crippen LogP contribution in [0.3, 0.4) is 0 Å². The van der Waals surface area contributed by atoms with E-state index >= 15 is 0 Å². The van der Waals surface area contributed by atoms with Gasteiger partial charge in [0.1, 0.15) is 0 Å². The van der Waals surface area contributed by atoms with Gasteiger partial charge in [0.05, 0.1) is 22.6 Å². The van der Waals surface area contributed by atoms with Crippen molar-refractivity contribution in [1.29, 1.82) is 0 Å². The highest BCUT2D eigenvalue weighted by atomic mass is 16.8. The van der Waals surface area contributed by atoms with Crippen LogP contribution in [0.5, 0.6) is 0 Å². The first-order chi connectivity index (χ1) is 14.4. The van der Waals surface area contributed by atoms with Gasteiger partial charge in [0, 0.05) is 24.3 Å². The van der Waals surface area contributed by atoms with Gasteiger partial charge >= 0.3 is 0 Å². The van der Waals surface area contributed by atoms with Gasteiger partial charge in [-0.2, -0.15) is 4.90 Å². The van der Waals surface area contributed by atoms with E-state index in [9.17, 15) is 15.6 Å². The second-order valence-corrected chi connectivity index (χ2v) is 7.41. The summed E-state index contributed by atoms with van der Waals surface area (Å²) in [5, 5.41) is 49.1. The van der Waals surface area contributed by atoms with Gasteiger partial charge in [0.15, 0.2) is 0 Å². The van der Waals surface area contributed by atoms with Crippen LogP contribution in [0.15, 0.2) is 84.1 Å². The van der Waals surface area contributed by atoms with Gasteiger partial charge in [-0.3, -0.25) is 5.21 Å². The van der Waals surface area contributed by atoms with Crippen molar-refractivity contribution in [1.82, 2.24) is 0 Å². The van der Waals surface area contributed by atoms with Crippen molar-refractivity contribution in [2.24, 2.45) is 0 Å². The lowest BCUT2D eigenvalue weighted by Gasteiger charge is -2.32. The van der Waals surface area contributed by atoms with Crippen molar-refractivity contribution >= 4 is 22.8 Å². The second-order valence-electron chi connectivity index (χ2n) is 7.41. The molecule has 0 spiro atoms. The predicted molar refractivity (Wildman–Crippen MR) is 117 cm³/mol. The van der Waals surface area contributed by atoms with Crippen molar-refractivity contribution in [3.63, 3.8) is 0 Å². The molecule has 0 saturated heterocycles. The summed E-state index contributed by atoms with van der Waals surface area (Å²) in [6.07, 6.45) is 7.01. The average molecular weight is 404 g/mol. The van der Waals surface area contributed by atoms with Gasteiger partial charge < -0.3 is 31.5 Å². The second kappa shape index (κ2) is 7.58. The molecule has 4 rings (SSSR count). The fraction of sp³-hybridized carbons (Fsp3) is 0.136. The third-order valence-electron chi connectivity index (χ3n) is 5.31. The lowest BCUT2D eigenvalue weighted by molar-refractivity contribution is -0.377. The molecule has 8 heteroatoms. The Bertz CT molecular complexity index is 1060. The number of anilines is 3. The Labute approximate surface area is 173 Å². The first-order valence-electron chi connectivity index (χ1n) is 9.37. The Kier molecular flexibility index (Phi) is 4.94. The minimum atomic E-state index is -0.543. The molecule has 0 fully saturated rings. The number of fused-ring (bicyclic) bond motifs is 1. The molecule has 0 aromatic heterocycles. The summed E-state index contributed by atoms with van der Waals surface area (Å²) in [7, 11) is 0. The molecular weight excluding hydrogens is 384 g/mol. The summed E-state index contributed by atoms with van der Waals surface area (Å²) in [5.74, 6) is 0. The van der Waals surface area contributed by atoms with Crippen LogP contribution in [-0.2, 0) is 5.54 Å².